The maximum absolute atomic E-state index is 10.8. The first-order chi connectivity index (χ1) is 11.1. The monoisotopic (exact) mass is 355 g/mol. The van der Waals surface area contributed by atoms with E-state index in [4.69, 9.17) is 4.74 Å². The van der Waals surface area contributed by atoms with E-state index in [1.54, 1.807) is 6.92 Å². The Labute approximate surface area is 170 Å². The average molecular weight is 355 g/mol. The Morgan fingerprint density at radius 1 is 0.708 bits per heavy atom. The number of rotatable bonds is 13. The summed E-state index contributed by atoms with van der Waals surface area (Å²) in [5.74, 6) is 3.98. The van der Waals surface area contributed by atoms with Gasteiger partial charge in [-0.1, -0.05) is 78.6 Å². The van der Waals surface area contributed by atoms with Crippen molar-refractivity contribution in [2.24, 2.45) is 5.90 Å². The molecule has 0 spiro atoms. The summed E-state index contributed by atoms with van der Waals surface area (Å²) >= 11 is 0. The van der Waals surface area contributed by atoms with Crippen LogP contribution in [0.4, 0.5) is 0 Å². The SMILES string of the molecule is CCC(=O)ON.CCCCCCCCCCCCOC(=O)CC.[NaH]. The van der Waals surface area contributed by atoms with Gasteiger partial charge in [-0.15, -0.1) is 0 Å². The Bertz CT molecular complexity index is 270. The molecule has 6 heteroatoms. The normalized spacial score (nSPS) is 9.33. The van der Waals surface area contributed by atoms with E-state index in [0.717, 1.165) is 6.42 Å². The first kappa shape index (κ1) is 28.7. The van der Waals surface area contributed by atoms with E-state index in [9.17, 15) is 9.59 Å². The van der Waals surface area contributed by atoms with E-state index in [1.807, 2.05) is 6.92 Å². The van der Waals surface area contributed by atoms with Crippen LogP contribution in [0.1, 0.15) is 97.8 Å². The quantitative estimate of drug-likeness (QED) is 0.234. The minimum absolute atomic E-state index is 0. The van der Waals surface area contributed by atoms with Crippen molar-refractivity contribution in [3.8, 4) is 0 Å². The Kier molecular flexibility index (Phi) is 30.1. The van der Waals surface area contributed by atoms with E-state index in [2.05, 4.69) is 17.7 Å². The van der Waals surface area contributed by atoms with Gasteiger partial charge in [-0.05, 0) is 6.42 Å². The third-order valence-electron chi connectivity index (χ3n) is 3.47. The molecule has 2 N–H and O–H groups in total. The molecule has 0 aromatic rings. The van der Waals surface area contributed by atoms with Crippen LogP contribution >= 0.6 is 0 Å². The van der Waals surface area contributed by atoms with Gasteiger partial charge in [-0.3, -0.25) is 9.59 Å². The molecule has 0 heterocycles. The summed E-state index contributed by atoms with van der Waals surface area (Å²) in [4.78, 5) is 24.4. The number of ether oxygens (including phenoxy) is 1. The fourth-order valence-electron chi connectivity index (χ4n) is 1.96. The van der Waals surface area contributed by atoms with Gasteiger partial charge < -0.3 is 9.57 Å². The van der Waals surface area contributed by atoms with Crippen molar-refractivity contribution in [3.63, 3.8) is 0 Å². The predicted molar refractivity (Wildman–Crippen MR) is 101 cm³/mol. The van der Waals surface area contributed by atoms with Gasteiger partial charge in [0.25, 0.3) is 0 Å². The zero-order valence-corrected chi connectivity index (χ0v) is 15.4. The number of hydrogen-bond donors (Lipinski definition) is 1. The van der Waals surface area contributed by atoms with Gasteiger partial charge in [0.15, 0.2) is 0 Å². The van der Waals surface area contributed by atoms with Crippen LogP contribution in [0.5, 0.6) is 0 Å². The molecule has 0 aromatic heterocycles. The molecular formula is C18H38NNaO4. The second-order valence-electron chi connectivity index (χ2n) is 5.60. The molecule has 0 aliphatic rings. The molecule has 0 radical (unpaired) electrons. The van der Waals surface area contributed by atoms with E-state index in [-0.39, 0.29) is 41.5 Å². The third-order valence-corrected chi connectivity index (χ3v) is 3.47. The third kappa shape index (κ3) is 26.8. The van der Waals surface area contributed by atoms with Gasteiger partial charge in [-0.25, -0.2) is 0 Å². The zero-order chi connectivity index (χ0) is 17.8. The van der Waals surface area contributed by atoms with Gasteiger partial charge in [0.2, 0.25) is 0 Å². The Morgan fingerprint density at radius 2 is 1.12 bits per heavy atom. The predicted octanol–water partition coefficient (Wildman–Crippen LogP) is 4.03. The molecule has 0 bridgehead atoms. The Morgan fingerprint density at radius 3 is 1.46 bits per heavy atom. The second kappa shape index (κ2) is 25.1. The summed E-state index contributed by atoms with van der Waals surface area (Å²) in [6.45, 7) is 6.38. The second-order valence-corrected chi connectivity index (χ2v) is 5.60. The molecule has 0 unspecified atom stereocenters. The average Bonchev–Trinajstić information content (AvgIpc) is 2.59. The van der Waals surface area contributed by atoms with Crippen molar-refractivity contribution >= 4 is 41.5 Å². The topological polar surface area (TPSA) is 78.6 Å². The van der Waals surface area contributed by atoms with Crippen LogP contribution in [0.2, 0.25) is 0 Å². The van der Waals surface area contributed by atoms with Gasteiger partial charge in [0, 0.05) is 12.8 Å². The van der Waals surface area contributed by atoms with Crippen LogP contribution in [0.3, 0.4) is 0 Å². The molecule has 5 nitrogen and oxygen atoms in total. The molecule has 0 rings (SSSR count). The van der Waals surface area contributed by atoms with Gasteiger partial charge >= 0.3 is 41.5 Å². The summed E-state index contributed by atoms with van der Waals surface area (Å²) in [6.07, 6.45) is 14.0. The first-order valence-corrected chi connectivity index (χ1v) is 9.17. The Hall–Kier alpha value is -0.100. The van der Waals surface area contributed by atoms with Gasteiger partial charge in [-0.2, -0.15) is 5.90 Å². The molecular weight excluding hydrogens is 317 g/mol. The maximum atomic E-state index is 10.8. The van der Waals surface area contributed by atoms with Gasteiger partial charge in [0.05, 0.1) is 6.61 Å². The van der Waals surface area contributed by atoms with Crippen LogP contribution in [0.25, 0.3) is 0 Å². The molecule has 0 atom stereocenters. The number of carbonyl (C=O) groups is 2. The van der Waals surface area contributed by atoms with Crippen molar-refractivity contribution in [2.45, 2.75) is 97.8 Å². The number of nitrogens with two attached hydrogens (primary N) is 1. The molecule has 0 aromatic carbocycles. The van der Waals surface area contributed by atoms with Gasteiger partial charge in [0.1, 0.15) is 0 Å². The molecule has 0 saturated carbocycles. The molecule has 24 heavy (non-hydrogen) atoms. The van der Waals surface area contributed by atoms with Crippen molar-refractivity contribution in [1.29, 1.82) is 0 Å². The van der Waals surface area contributed by atoms with Crippen LogP contribution in [0.15, 0.2) is 0 Å². The summed E-state index contributed by atoms with van der Waals surface area (Å²) in [6, 6.07) is 0. The summed E-state index contributed by atoms with van der Waals surface area (Å²) < 4.78 is 5.02. The van der Waals surface area contributed by atoms with Crippen LogP contribution in [-0.2, 0) is 19.2 Å². The number of esters is 1. The molecule has 140 valence electrons. The van der Waals surface area contributed by atoms with E-state index in [1.165, 1.54) is 57.8 Å². The van der Waals surface area contributed by atoms with Crippen molar-refractivity contribution in [2.75, 3.05) is 6.61 Å². The van der Waals surface area contributed by atoms with E-state index in [0.29, 0.717) is 19.4 Å². The zero-order valence-electron chi connectivity index (χ0n) is 15.4. The molecule has 0 amide bonds. The van der Waals surface area contributed by atoms with Crippen molar-refractivity contribution in [3.05, 3.63) is 0 Å². The molecule has 0 fully saturated rings. The fraction of sp³-hybridized carbons (Fsp3) is 0.889. The molecule has 0 saturated heterocycles. The Balaban J connectivity index is -0.000000538. The number of hydrogen-bond acceptors (Lipinski definition) is 5. The van der Waals surface area contributed by atoms with Crippen molar-refractivity contribution in [1.82, 2.24) is 0 Å². The molecule has 0 aliphatic heterocycles. The standard InChI is InChI=1S/C15H30O2.C3H7NO2.Na.H/c1-3-5-6-7-8-9-10-11-12-13-14-17-15(16)4-2;1-2-3(5)6-4;;/h3-14H2,1-2H3;2,4H2,1H3;;. The van der Waals surface area contributed by atoms with Crippen LogP contribution < -0.4 is 5.90 Å². The number of unbranched alkanes of at least 4 members (excludes halogenated alkanes) is 9. The van der Waals surface area contributed by atoms with E-state index < -0.39 is 0 Å². The summed E-state index contributed by atoms with van der Waals surface area (Å²) in [5.41, 5.74) is 0. The molecule has 0 aliphatic carbocycles. The first-order valence-electron chi connectivity index (χ1n) is 9.17. The van der Waals surface area contributed by atoms with E-state index >= 15 is 0 Å². The number of carbonyl (C=O) groups excluding carboxylic acids is 2. The minimum atomic E-state index is -0.380. The summed E-state index contributed by atoms with van der Waals surface area (Å²) in [5, 5.41) is 0. The van der Waals surface area contributed by atoms with Crippen LogP contribution in [-0.4, -0.2) is 48.1 Å². The van der Waals surface area contributed by atoms with Crippen LogP contribution in [0, 0.1) is 0 Å². The summed E-state index contributed by atoms with van der Waals surface area (Å²) in [7, 11) is 0. The fourth-order valence-corrected chi connectivity index (χ4v) is 1.96. The van der Waals surface area contributed by atoms with Crippen molar-refractivity contribution < 1.29 is 19.2 Å².